The number of nitrogens with one attached hydrogen (secondary N) is 1. The highest BCUT2D eigenvalue weighted by Crippen LogP contribution is 2.32. The van der Waals surface area contributed by atoms with Crippen LogP contribution in [0.2, 0.25) is 0 Å². The van der Waals surface area contributed by atoms with Crippen LogP contribution in [0.4, 0.5) is 5.82 Å². The van der Waals surface area contributed by atoms with Gasteiger partial charge in [0.1, 0.15) is 5.82 Å². The maximum atomic E-state index is 5.53. The molecule has 3 N–H and O–H groups in total. The molecule has 0 amide bonds. The van der Waals surface area contributed by atoms with E-state index in [2.05, 4.69) is 21.6 Å². The molecule has 0 aliphatic heterocycles. The van der Waals surface area contributed by atoms with Crippen molar-refractivity contribution in [1.82, 2.24) is 14.6 Å². The van der Waals surface area contributed by atoms with Gasteiger partial charge in [0.15, 0.2) is 5.65 Å². The van der Waals surface area contributed by atoms with E-state index in [9.17, 15) is 0 Å². The van der Waals surface area contributed by atoms with Gasteiger partial charge >= 0.3 is 0 Å². The highest BCUT2D eigenvalue weighted by atomic mass is 15.4. The van der Waals surface area contributed by atoms with Crippen LogP contribution in [0.1, 0.15) is 49.4 Å². The Hall–Kier alpha value is -1.62. The Morgan fingerprint density at radius 2 is 2.06 bits per heavy atom. The van der Waals surface area contributed by atoms with E-state index in [1.54, 1.807) is 4.52 Å². The lowest BCUT2D eigenvalue weighted by molar-refractivity contribution is 0.435. The average Bonchev–Trinajstić information content (AvgIpc) is 2.82. The van der Waals surface area contributed by atoms with E-state index in [0.717, 1.165) is 22.9 Å². The first-order valence-electron chi connectivity index (χ1n) is 6.62. The third-order valence-electron chi connectivity index (χ3n) is 3.75. The molecular formula is C13H19N5. The van der Waals surface area contributed by atoms with Crippen molar-refractivity contribution in [2.45, 2.75) is 44.9 Å². The minimum Gasteiger partial charge on any atom is -0.308 e. The number of aromatic nitrogens is 3. The highest BCUT2D eigenvalue weighted by Gasteiger charge is 2.19. The maximum absolute atomic E-state index is 5.53. The van der Waals surface area contributed by atoms with Crippen LogP contribution < -0.4 is 11.3 Å². The lowest BCUT2D eigenvalue weighted by Crippen LogP contribution is -2.12. The Bertz CT molecular complexity index is 554. The Morgan fingerprint density at radius 1 is 1.28 bits per heavy atom. The molecule has 5 heteroatoms. The molecule has 1 saturated carbocycles. The number of hydrogen-bond donors (Lipinski definition) is 2. The molecule has 1 aliphatic rings. The zero-order valence-electron chi connectivity index (χ0n) is 10.7. The normalized spacial score (nSPS) is 17.2. The second-order valence-corrected chi connectivity index (χ2v) is 5.10. The lowest BCUT2D eigenvalue weighted by Gasteiger charge is -2.19. The van der Waals surface area contributed by atoms with E-state index >= 15 is 0 Å². The van der Waals surface area contributed by atoms with Crippen LogP contribution in [0.3, 0.4) is 0 Å². The number of rotatable bonds is 2. The molecule has 5 nitrogen and oxygen atoms in total. The lowest BCUT2D eigenvalue weighted by atomic mass is 9.87. The van der Waals surface area contributed by atoms with E-state index in [4.69, 9.17) is 5.84 Å². The summed E-state index contributed by atoms with van der Waals surface area (Å²) in [6.45, 7) is 1.97. The standard InChI is InChI=1S/C13H19N5/c1-9-7-13(16-14)18-12(15-9)8-11(17-18)10-5-3-2-4-6-10/h7-8,10,16H,2-6,14H2,1H3. The van der Waals surface area contributed by atoms with Crippen molar-refractivity contribution < 1.29 is 0 Å². The van der Waals surface area contributed by atoms with Gasteiger partial charge < -0.3 is 5.43 Å². The SMILES string of the molecule is Cc1cc(NN)n2nc(C3CCCCC3)cc2n1. The average molecular weight is 245 g/mol. The summed E-state index contributed by atoms with van der Waals surface area (Å²) in [5, 5.41) is 4.66. The van der Waals surface area contributed by atoms with Gasteiger partial charge in [0, 0.05) is 23.7 Å². The zero-order chi connectivity index (χ0) is 12.5. The summed E-state index contributed by atoms with van der Waals surface area (Å²) in [6, 6.07) is 4.01. The molecule has 3 rings (SSSR count). The number of fused-ring (bicyclic) bond motifs is 1. The van der Waals surface area contributed by atoms with Gasteiger partial charge in [-0.15, -0.1) is 0 Å². The van der Waals surface area contributed by atoms with Crippen molar-refractivity contribution in [1.29, 1.82) is 0 Å². The Kier molecular flexibility index (Phi) is 2.91. The number of anilines is 1. The fourth-order valence-corrected chi connectivity index (χ4v) is 2.82. The van der Waals surface area contributed by atoms with Gasteiger partial charge in [-0.1, -0.05) is 19.3 Å². The molecule has 0 radical (unpaired) electrons. The molecule has 0 unspecified atom stereocenters. The maximum Gasteiger partial charge on any atom is 0.157 e. The first-order chi connectivity index (χ1) is 8.78. The molecule has 1 aliphatic carbocycles. The van der Waals surface area contributed by atoms with Crippen LogP contribution in [0.5, 0.6) is 0 Å². The van der Waals surface area contributed by atoms with Crippen molar-refractivity contribution in [3.63, 3.8) is 0 Å². The molecule has 2 aromatic rings. The smallest absolute Gasteiger partial charge is 0.157 e. The molecule has 0 aromatic carbocycles. The summed E-state index contributed by atoms with van der Waals surface area (Å²) in [4.78, 5) is 4.50. The van der Waals surface area contributed by atoms with E-state index < -0.39 is 0 Å². The summed E-state index contributed by atoms with van der Waals surface area (Å²) in [5.41, 5.74) is 5.67. The van der Waals surface area contributed by atoms with Crippen molar-refractivity contribution >= 4 is 11.5 Å². The summed E-state index contributed by atoms with van der Waals surface area (Å²) in [5.74, 6) is 6.91. The van der Waals surface area contributed by atoms with Crippen molar-refractivity contribution in [3.8, 4) is 0 Å². The number of aryl methyl sites for hydroxylation is 1. The Morgan fingerprint density at radius 3 is 2.78 bits per heavy atom. The first kappa shape index (κ1) is 11.5. The molecule has 96 valence electrons. The highest BCUT2D eigenvalue weighted by molar-refractivity contribution is 5.50. The number of nitrogens with zero attached hydrogens (tertiary/aromatic N) is 3. The van der Waals surface area contributed by atoms with Crippen LogP contribution in [0.15, 0.2) is 12.1 Å². The van der Waals surface area contributed by atoms with Gasteiger partial charge in [0.25, 0.3) is 0 Å². The molecule has 1 fully saturated rings. The number of nitrogens with two attached hydrogens (primary N) is 1. The monoisotopic (exact) mass is 245 g/mol. The molecule has 0 saturated heterocycles. The van der Waals surface area contributed by atoms with Crippen molar-refractivity contribution in [2.24, 2.45) is 5.84 Å². The summed E-state index contributed by atoms with van der Waals surface area (Å²) < 4.78 is 1.80. The quantitative estimate of drug-likeness (QED) is 0.629. The van der Waals surface area contributed by atoms with Crippen molar-refractivity contribution in [3.05, 3.63) is 23.5 Å². The molecule has 0 atom stereocenters. The van der Waals surface area contributed by atoms with Gasteiger partial charge in [-0.05, 0) is 19.8 Å². The number of hydrazine groups is 1. The molecule has 0 bridgehead atoms. The van der Waals surface area contributed by atoms with Gasteiger partial charge in [-0.25, -0.2) is 10.8 Å². The third kappa shape index (κ3) is 1.95. The largest absolute Gasteiger partial charge is 0.308 e. The predicted molar refractivity (Wildman–Crippen MR) is 71.4 cm³/mol. The minimum atomic E-state index is 0.589. The predicted octanol–water partition coefficient (Wildman–Crippen LogP) is 2.37. The second kappa shape index (κ2) is 4.57. The second-order valence-electron chi connectivity index (χ2n) is 5.10. The molecular weight excluding hydrogens is 226 g/mol. The summed E-state index contributed by atoms with van der Waals surface area (Å²) >= 11 is 0. The van der Waals surface area contributed by atoms with Crippen LogP contribution in [-0.2, 0) is 0 Å². The van der Waals surface area contributed by atoms with E-state index in [-0.39, 0.29) is 0 Å². The fraction of sp³-hybridized carbons (Fsp3) is 0.538. The molecule has 0 spiro atoms. The van der Waals surface area contributed by atoms with E-state index in [0.29, 0.717) is 5.92 Å². The zero-order valence-corrected chi connectivity index (χ0v) is 10.7. The van der Waals surface area contributed by atoms with Gasteiger partial charge in [0.05, 0.1) is 5.69 Å². The van der Waals surface area contributed by atoms with Gasteiger partial charge in [-0.2, -0.15) is 9.61 Å². The van der Waals surface area contributed by atoms with Crippen LogP contribution >= 0.6 is 0 Å². The third-order valence-corrected chi connectivity index (χ3v) is 3.75. The molecule has 18 heavy (non-hydrogen) atoms. The van der Waals surface area contributed by atoms with Crippen LogP contribution in [0, 0.1) is 6.92 Å². The van der Waals surface area contributed by atoms with E-state index in [1.807, 2.05) is 13.0 Å². The van der Waals surface area contributed by atoms with Crippen molar-refractivity contribution in [2.75, 3.05) is 5.43 Å². The molecule has 2 aromatic heterocycles. The summed E-state index contributed by atoms with van der Waals surface area (Å²) in [6.07, 6.45) is 6.47. The Labute approximate surface area is 106 Å². The van der Waals surface area contributed by atoms with E-state index in [1.165, 1.54) is 32.1 Å². The van der Waals surface area contributed by atoms with Crippen LogP contribution in [0.25, 0.3) is 5.65 Å². The first-order valence-corrected chi connectivity index (χ1v) is 6.62. The fourth-order valence-electron chi connectivity index (χ4n) is 2.82. The number of nitrogen functional groups attached to an aromatic ring is 1. The van der Waals surface area contributed by atoms with Gasteiger partial charge in [-0.3, -0.25) is 0 Å². The van der Waals surface area contributed by atoms with Gasteiger partial charge in [0.2, 0.25) is 0 Å². The minimum absolute atomic E-state index is 0.589. The Balaban J connectivity index is 2.04. The number of hydrogen-bond acceptors (Lipinski definition) is 4. The van der Waals surface area contributed by atoms with Crippen LogP contribution in [-0.4, -0.2) is 14.6 Å². The topological polar surface area (TPSA) is 68.2 Å². The summed E-state index contributed by atoms with van der Waals surface area (Å²) in [7, 11) is 0. The molecule has 2 heterocycles.